The Morgan fingerprint density at radius 1 is 1.39 bits per heavy atom. The highest BCUT2D eigenvalue weighted by Gasteiger charge is 2.08. The lowest BCUT2D eigenvalue weighted by Crippen LogP contribution is -2.39. The van der Waals surface area contributed by atoms with Crippen molar-refractivity contribution in [2.24, 2.45) is 0 Å². The van der Waals surface area contributed by atoms with Gasteiger partial charge in [0.25, 0.3) is 0 Å². The van der Waals surface area contributed by atoms with E-state index in [1.54, 1.807) is 6.20 Å². The Balaban J connectivity index is 2.22. The molecule has 1 aromatic rings. The number of rotatable bonds is 8. The molecule has 1 rings (SSSR count). The van der Waals surface area contributed by atoms with E-state index < -0.39 is 0 Å². The van der Waals surface area contributed by atoms with Crippen molar-refractivity contribution in [1.82, 2.24) is 15.6 Å². The van der Waals surface area contributed by atoms with Gasteiger partial charge in [0, 0.05) is 12.5 Å². The van der Waals surface area contributed by atoms with Crippen molar-refractivity contribution in [2.75, 3.05) is 6.54 Å². The van der Waals surface area contributed by atoms with Gasteiger partial charge in [-0.2, -0.15) is 0 Å². The molecule has 0 aliphatic carbocycles. The van der Waals surface area contributed by atoms with Gasteiger partial charge in [0.2, 0.25) is 11.8 Å². The number of hydrogen-bond acceptors (Lipinski definition) is 4. The first kappa shape index (κ1) is 14.7. The zero-order valence-corrected chi connectivity index (χ0v) is 11.5. The quantitative estimate of drug-likeness (QED) is 0.739. The summed E-state index contributed by atoms with van der Waals surface area (Å²) in [6.07, 6.45) is 4.48. The lowest BCUT2D eigenvalue weighted by molar-refractivity contribution is -0.121. The smallest absolute Gasteiger partial charge is 0.234 e. The molecule has 1 aromatic heterocycles. The van der Waals surface area contributed by atoms with E-state index in [0.29, 0.717) is 19.0 Å². The number of carbonyl (C=O) groups is 1. The van der Waals surface area contributed by atoms with Crippen molar-refractivity contribution in [1.29, 1.82) is 0 Å². The van der Waals surface area contributed by atoms with Gasteiger partial charge in [-0.15, -0.1) is 0 Å². The van der Waals surface area contributed by atoms with Crippen molar-refractivity contribution in [3.63, 3.8) is 0 Å². The molecule has 1 amide bonds. The van der Waals surface area contributed by atoms with Gasteiger partial charge in [-0.3, -0.25) is 10.1 Å². The second kappa shape index (κ2) is 7.87. The summed E-state index contributed by atoms with van der Waals surface area (Å²) < 4.78 is 5.43. The maximum absolute atomic E-state index is 11.6. The lowest BCUT2D eigenvalue weighted by Gasteiger charge is -2.14. The van der Waals surface area contributed by atoms with Crippen LogP contribution < -0.4 is 10.6 Å². The Bertz CT molecular complexity index is 359. The summed E-state index contributed by atoms with van der Waals surface area (Å²) in [6, 6.07) is 0.271. The Morgan fingerprint density at radius 3 is 2.67 bits per heavy atom. The zero-order valence-electron chi connectivity index (χ0n) is 11.5. The highest BCUT2D eigenvalue weighted by molar-refractivity contribution is 5.78. The van der Waals surface area contributed by atoms with Crippen LogP contribution in [-0.2, 0) is 17.8 Å². The first-order valence-electron chi connectivity index (χ1n) is 6.63. The number of hydrogen-bond donors (Lipinski definition) is 2. The number of carbonyl (C=O) groups excluding carboxylic acids is 1. The third kappa shape index (κ3) is 4.87. The van der Waals surface area contributed by atoms with Gasteiger partial charge >= 0.3 is 0 Å². The molecule has 0 fully saturated rings. The van der Waals surface area contributed by atoms with E-state index in [-0.39, 0.29) is 11.9 Å². The average Bonchev–Trinajstić information content (AvgIpc) is 2.84. The number of nitrogens with zero attached hydrogens (tertiary/aromatic N) is 1. The first-order valence-corrected chi connectivity index (χ1v) is 6.63. The molecule has 102 valence electrons. The monoisotopic (exact) mass is 253 g/mol. The van der Waals surface area contributed by atoms with Crippen LogP contribution in [0.3, 0.4) is 0 Å². The molecular formula is C13H23N3O2. The molecule has 0 unspecified atom stereocenters. The molecule has 0 radical (unpaired) electrons. The van der Waals surface area contributed by atoms with Crippen LogP contribution in [0.5, 0.6) is 0 Å². The number of oxazole rings is 1. The van der Waals surface area contributed by atoms with Crippen LogP contribution in [0.15, 0.2) is 10.6 Å². The van der Waals surface area contributed by atoms with Gasteiger partial charge in [-0.25, -0.2) is 4.98 Å². The third-order valence-corrected chi connectivity index (χ3v) is 2.86. The summed E-state index contributed by atoms with van der Waals surface area (Å²) >= 11 is 0. The summed E-state index contributed by atoms with van der Waals surface area (Å²) in [4.78, 5) is 15.7. The van der Waals surface area contributed by atoms with Gasteiger partial charge in [-0.1, -0.05) is 20.8 Å². The van der Waals surface area contributed by atoms with Crippen LogP contribution in [0.1, 0.15) is 45.3 Å². The Hall–Kier alpha value is -1.36. The zero-order chi connectivity index (χ0) is 13.4. The van der Waals surface area contributed by atoms with E-state index in [1.165, 1.54) is 0 Å². The maximum Gasteiger partial charge on any atom is 0.234 e. The normalized spacial score (nSPS) is 10.9. The summed E-state index contributed by atoms with van der Waals surface area (Å²) in [5.74, 6) is 1.52. The van der Waals surface area contributed by atoms with Crippen LogP contribution >= 0.6 is 0 Å². The Morgan fingerprint density at radius 2 is 2.11 bits per heavy atom. The van der Waals surface area contributed by atoms with Crippen molar-refractivity contribution in [2.45, 2.75) is 52.6 Å². The third-order valence-electron chi connectivity index (χ3n) is 2.86. The van der Waals surface area contributed by atoms with Crippen molar-refractivity contribution >= 4 is 5.91 Å². The largest absolute Gasteiger partial charge is 0.444 e. The molecular weight excluding hydrogens is 230 g/mol. The molecule has 5 heteroatoms. The van der Waals surface area contributed by atoms with E-state index >= 15 is 0 Å². The summed E-state index contributed by atoms with van der Waals surface area (Å²) in [5.41, 5.74) is 0. The molecule has 1 heterocycles. The fraction of sp³-hybridized carbons (Fsp3) is 0.692. The summed E-state index contributed by atoms with van der Waals surface area (Å²) in [6.45, 7) is 6.93. The van der Waals surface area contributed by atoms with Crippen LogP contribution in [-0.4, -0.2) is 23.5 Å². The minimum Gasteiger partial charge on any atom is -0.444 e. The minimum atomic E-state index is 0.0194. The first-order chi connectivity index (χ1) is 8.69. The van der Waals surface area contributed by atoms with Gasteiger partial charge in [0.1, 0.15) is 5.76 Å². The fourth-order valence-corrected chi connectivity index (χ4v) is 1.65. The van der Waals surface area contributed by atoms with E-state index in [2.05, 4.69) is 29.5 Å². The molecule has 0 atom stereocenters. The summed E-state index contributed by atoms with van der Waals surface area (Å²) in [7, 11) is 0. The van der Waals surface area contributed by atoms with Gasteiger partial charge in [0.05, 0.1) is 19.3 Å². The molecule has 0 saturated heterocycles. The fourth-order valence-electron chi connectivity index (χ4n) is 1.65. The Labute approximate surface area is 108 Å². The number of aryl methyl sites for hydroxylation is 1. The highest BCUT2D eigenvalue weighted by Crippen LogP contribution is 2.03. The molecule has 0 saturated carbocycles. The Kier molecular flexibility index (Phi) is 6.43. The molecule has 0 bridgehead atoms. The van der Waals surface area contributed by atoms with E-state index in [4.69, 9.17) is 4.42 Å². The second-order valence-corrected chi connectivity index (χ2v) is 4.26. The number of amides is 1. The number of aromatic nitrogens is 1. The minimum absolute atomic E-state index is 0.0194. The SMILES string of the molecule is CCc1cnc(CNCC(=O)NC(CC)CC)o1. The maximum atomic E-state index is 11.6. The van der Waals surface area contributed by atoms with Crippen molar-refractivity contribution < 1.29 is 9.21 Å². The summed E-state index contributed by atoms with van der Waals surface area (Å²) in [5, 5.41) is 5.99. The van der Waals surface area contributed by atoms with Gasteiger partial charge in [0.15, 0.2) is 0 Å². The van der Waals surface area contributed by atoms with Crippen molar-refractivity contribution in [3.8, 4) is 0 Å². The molecule has 0 aromatic carbocycles. The molecule has 0 aliphatic heterocycles. The van der Waals surface area contributed by atoms with Crippen molar-refractivity contribution in [3.05, 3.63) is 17.8 Å². The predicted octanol–water partition coefficient (Wildman–Crippen LogP) is 1.63. The predicted molar refractivity (Wildman–Crippen MR) is 70.1 cm³/mol. The number of nitrogens with one attached hydrogen (secondary N) is 2. The van der Waals surface area contributed by atoms with Crippen LogP contribution in [0.2, 0.25) is 0 Å². The average molecular weight is 253 g/mol. The van der Waals surface area contributed by atoms with Crippen LogP contribution in [0.25, 0.3) is 0 Å². The molecule has 5 nitrogen and oxygen atoms in total. The van der Waals surface area contributed by atoms with E-state index in [1.807, 2.05) is 6.92 Å². The van der Waals surface area contributed by atoms with Gasteiger partial charge in [-0.05, 0) is 12.8 Å². The molecule has 0 aliphatic rings. The van der Waals surface area contributed by atoms with Gasteiger partial charge < -0.3 is 9.73 Å². The van der Waals surface area contributed by atoms with Crippen LogP contribution in [0, 0.1) is 0 Å². The second-order valence-electron chi connectivity index (χ2n) is 4.26. The standard InChI is InChI=1S/C13H23N3O2/c1-4-10(5-2)16-12(17)8-14-9-13-15-7-11(6-3)18-13/h7,10,14H,4-6,8-9H2,1-3H3,(H,16,17). The van der Waals surface area contributed by atoms with E-state index in [0.717, 1.165) is 25.0 Å². The topological polar surface area (TPSA) is 67.2 Å². The molecule has 2 N–H and O–H groups in total. The van der Waals surface area contributed by atoms with Crippen LogP contribution in [0.4, 0.5) is 0 Å². The molecule has 0 spiro atoms. The van der Waals surface area contributed by atoms with E-state index in [9.17, 15) is 4.79 Å². The molecule has 18 heavy (non-hydrogen) atoms. The lowest BCUT2D eigenvalue weighted by atomic mass is 10.2. The highest BCUT2D eigenvalue weighted by atomic mass is 16.4.